The molecule has 0 saturated carbocycles. The van der Waals surface area contributed by atoms with Gasteiger partial charge in [0, 0.05) is 10.7 Å². The minimum absolute atomic E-state index is 0.146. The van der Waals surface area contributed by atoms with Crippen LogP contribution in [-0.4, -0.2) is 30.6 Å². The van der Waals surface area contributed by atoms with Crippen LogP contribution in [0.25, 0.3) is 0 Å². The SMILES string of the molecule is COc1ccc(Br)c(C(=O)OCC(=O)Nc2ncc(Cl)c(C)c2Cl)c1. The number of halogens is 3. The second kappa shape index (κ2) is 8.51. The van der Waals surface area contributed by atoms with E-state index in [0.29, 0.717) is 20.8 Å². The third-order valence-electron chi connectivity index (χ3n) is 3.19. The van der Waals surface area contributed by atoms with Crippen LogP contribution >= 0.6 is 39.1 Å². The van der Waals surface area contributed by atoms with Crippen molar-refractivity contribution in [1.29, 1.82) is 0 Å². The number of carbonyl (C=O) groups is 2. The van der Waals surface area contributed by atoms with E-state index in [1.165, 1.54) is 19.4 Å². The molecule has 0 unspecified atom stereocenters. The van der Waals surface area contributed by atoms with Gasteiger partial charge in [-0.05, 0) is 46.6 Å². The van der Waals surface area contributed by atoms with E-state index in [1.54, 1.807) is 19.1 Å². The Labute approximate surface area is 162 Å². The molecule has 0 aliphatic rings. The fourth-order valence-corrected chi connectivity index (χ4v) is 2.61. The molecule has 1 amide bonds. The maximum absolute atomic E-state index is 12.1. The van der Waals surface area contributed by atoms with Crippen molar-refractivity contribution in [2.45, 2.75) is 6.92 Å². The number of carbonyl (C=O) groups excluding carboxylic acids is 2. The second-order valence-electron chi connectivity index (χ2n) is 4.86. The number of ether oxygens (including phenoxy) is 2. The third-order valence-corrected chi connectivity index (χ3v) is 4.72. The quantitative estimate of drug-likeness (QED) is 0.692. The Morgan fingerprint density at radius 3 is 2.72 bits per heavy atom. The monoisotopic (exact) mass is 446 g/mol. The number of nitrogens with zero attached hydrogens (tertiary/aromatic N) is 1. The first-order valence-electron chi connectivity index (χ1n) is 6.94. The number of pyridine rings is 1. The molecule has 1 aromatic carbocycles. The number of rotatable bonds is 5. The number of methoxy groups -OCH3 is 1. The molecule has 0 saturated heterocycles. The van der Waals surface area contributed by atoms with Crippen molar-refractivity contribution in [3.8, 4) is 5.75 Å². The molecule has 1 heterocycles. The van der Waals surface area contributed by atoms with Gasteiger partial charge >= 0.3 is 5.97 Å². The van der Waals surface area contributed by atoms with Crippen molar-refractivity contribution in [3.05, 3.63) is 50.0 Å². The van der Waals surface area contributed by atoms with Gasteiger partial charge in [-0.15, -0.1) is 0 Å². The molecule has 0 aliphatic heterocycles. The third kappa shape index (κ3) is 4.84. The first kappa shape index (κ1) is 19.5. The van der Waals surface area contributed by atoms with E-state index in [4.69, 9.17) is 32.7 Å². The lowest BCUT2D eigenvalue weighted by atomic mass is 10.2. The number of aromatic nitrogens is 1. The van der Waals surface area contributed by atoms with E-state index in [1.807, 2.05) is 0 Å². The highest BCUT2D eigenvalue weighted by Crippen LogP contribution is 2.28. The maximum Gasteiger partial charge on any atom is 0.339 e. The van der Waals surface area contributed by atoms with Crippen molar-refractivity contribution in [1.82, 2.24) is 4.98 Å². The van der Waals surface area contributed by atoms with Crippen LogP contribution < -0.4 is 10.1 Å². The average Bonchev–Trinajstić information content (AvgIpc) is 2.60. The van der Waals surface area contributed by atoms with Gasteiger partial charge in [0.15, 0.2) is 12.4 Å². The predicted molar refractivity (Wildman–Crippen MR) is 98.6 cm³/mol. The summed E-state index contributed by atoms with van der Waals surface area (Å²) in [5.74, 6) is -0.616. The summed E-state index contributed by atoms with van der Waals surface area (Å²) in [6.07, 6.45) is 1.37. The summed E-state index contributed by atoms with van der Waals surface area (Å²) in [6, 6.07) is 4.84. The zero-order chi connectivity index (χ0) is 18.6. The first-order chi connectivity index (χ1) is 11.8. The molecule has 1 N–H and O–H groups in total. The Kier molecular flexibility index (Phi) is 6.64. The summed E-state index contributed by atoms with van der Waals surface area (Å²) >= 11 is 15.2. The topological polar surface area (TPSA) is 77.5 Å². The molecule has 9 heteroatoms. The summed E-state index contributed by atoms with van der Waals surface area (Å²) in [6.45, 7) is 1.20. The lowest BCUT2D eigenvalue weighted by Crippen LogP contribution is -2.22. The second-order valence-corrected chi connectivity index (χ2v) is 6.50. The van der Waals surface area contributed by atoms with Crippen LogP contribution in [0.5, 0.6) is 5.75 Å². The molecular weight excluding hydrogens is 435 g/mol. The number of amides is 1. The van der Waals surface area contributed by atoms with Gasteiger partial charge in [-0.3, -0.25) is 4.79 Å². The van der Waals surface area contributed by atoms with Crippen LogP contribution in [0.15, 0.2) is 28.9 Å². The highest BCUT2D eigenvalue weighted by Gasteiger charge is 2.16. The smallest absolute Gasteiger partial charge is 0.339 e. The van der Waals surface area contributed by atoms with Crippen LogP contribution in [0, 0.1) is 6.92 Å². The van der Waals surface area contributed by atoms with E-state index in [9.17, 15) is 9.59 Å². The fourth-order valence-electron chi connectivity index (χ4n) is 1.81. The Balaban J connectivity index is 2.01. The molecule has 0 fully saturated rings. The molecule has 0 radical (unpaired) electrons. The summed E-state index contributed by atoms with van der Waals surface area (Å²) < 4.78 is 10.6. The van der Waals surface area contributed by atoms with Gasteiger partial charge in [0.2, 0.25) is 0 Å². The van der Waals surface area contributed by atoms with Gasteiger partial charge in [-0.25, -0.2) is 9.78 Å². The van der Waals surface area contributed by atoms with Gasteiger partial charge in [0.1, 0.15) is 5.75 Å². The van der Waals surface area contributed by atoms with Crippen LogP contribution in [-0.2, 0) is 9.53 Å². The summed E-state index contributed by atoms with van der Waals surface area (Å²) in [7, 11) is 1.48. The molecule has 2 aromatic rings. The molecule has 25 heavy (non-hydrogen) atoms. The largest absolute Gasteiger partial charge is 0.497 e. The maximum atomic E-state index is 12.1. The number of hydrogen-bond donors (Lipinski definition) is 1. The molecule has 0 atom stereocenters. The van der Waals surface area contributed by atoms with Crippen molar-refractivity contribution < 1.29 is 19.1 Å². The first-order valence-corrected chi connectivity index (χ1v) is 8.49. The van der Waals surface area contributed by atoms with Gasteiger partial charge in [-0.1, -0.05) is 23.2 Å². The van der Waals surface area contributed by atoms with E-state index >= 15 is 0 Å². The Bertz CT molecular complexity index is 830. The number of nitrogens with one attached hydrogen (secondary N) is 1. The highest BCUT2D eigenvalue weighted by molar-refractivity contribution is 9.10. The highest BCUT2D eigenvalue weighted by atomic mass is 79.9. The lowest BCUT2D eigenvalue weighted by Gasteiger charge is -2.10. The van der Waals surface area contributed by atoms with Crippen molar-refractivity contribution >= 4 is 56.8 Å². The Hall–Kier alpha value is -1.83. The molecule has 2 rings (SSSR count). The average molecular weight is 448 g/mol. The summed E-state index contributed by atoms with van der Waals surface area (Å²) in [5, 5.41) is 3.08. The van der Waals surface area contributed by atoms with E-state index < -0.39 is 18.5 Å². The van der Waals surface area contributed by atoms with Crippen molar-refractivity contribution in [2.24, 2.45) is 0 Å². The minimum atomic E-state index is -0.674. The Morgan fingerprint density at radius 2 is 2.04 bits per heavy atom. The van der Waals surface area contributed by atoms with Gasteiger partial charge in [0.05, 0.1) is 22.7 Å². The standard InChI is InChI=1S/C16H13BrCl2N2O4/c1-8-12(18)6-20-15(14(8)19)21-13(22)7-25-16(23)10-5-9(24-2)3-4-11(10)17/h3-6H,7H2,1-2H3,(H,20,21,22). The van der Waals surface area contributed by atoms with E-state index in [2.05, 4.69) is 26.2 Å². The number of benzene rings is 1. The van der Waals surface area contributed by atoms with E-state index in [0.717, 1.165) is 0 Å². The van der Waals surface area contributed by atoms with Gasteiger partial charge in [0.25, 0.3) is 5.91 Å². The molecule has 0 bridgehead atoms. The number of anilines is 1. The molecule has 0 spiro atoms. The fraction of sp³-hybridized carbons (Fsp3) is 0.188. The van der Waals surface area contributed by atoms with Crippen molar-refractivity contribution in [2.75, 3.05) is 19.0 Å². The molecule has 132 valence electrons. The molecule has 6 nitrogen and oxygen atoms in total. The van der Waals surface area contributed by atoms with Gasteiger partial charge in [-0.2, -0.15) is 0 Å². The van der Waals surface area contributed by atoms with Crippen LogP contribution in [0.3, 0.4) is 0 Å². The Morgan fingerprint density at radius 1 is 1.32 bits per heavy atom. The zero-order valence-electron chi connectivity index (χ0n) is 13.2. The molecule has 0 aliphatic carbocycles. The van der Waals surface area contributed by atoms with Gasteiger partial charge < -0.3 is 14.8 Å². The summed E-state index contributed by atoms with van der Waals surface area (Å²) in [5.41, 5.74) is 0.830. The normalized spacial score (nSPS) is 10.3. The van der Waals surface area contributed by atoms with Crippen LogP contribution in [0.2, 0.25) is 10.0 Å². The zero-order valence-corrected chi connectivity index (χ0v) is 16.3. The van der Waals surface area contributed by atoms with Crippen molar-refractivity contribution in [3.63, 3.8) is 0 Å². The van der Waals surface area contributed by atoms with Crippen LogP contribution in [0.1, 0.15) is 15.9 Å². The van der Waals surface area contributed by atoms with E-state index in [-0.39, 0.29) is 16.4 Å². The number of esters is 1. The predicted octanol–water partition coefficient (Wildman–Crippen LogP) is 4.26. The minimum Gasteiger partial charge on any atom is -0.497 e. The lowest BCUT2D eigenvalue weighted by molar-refractivity contribution is -0.119. The molecular formula is C16H13BrCl2N2O4. The summed E-state index contributed by atoms with van der Waals surface area (Å²) in [4.78, 5) is 28.0. The number of hydrogen-bond acceptors (Lipinski definition) is 5. The molecule has 1 aromatic heterocycles. The van der Waals surface area contributed by atoms with Crippen LogP contribution in [0.4, 0.5) is 5.82 Å².